The normalized spacial score (nSPS) is 11.8. The summed E-state index contributed by atoms with van der Waals surface area (Å²) >= 11 is 0. The molecular weight excluding hydrogens is 323 g/mol. The summed E-state index contributed by atoms with van der Waals surface area (Å²) in [6.45, 7) is 1.99. The van der Waals surface area contributed by atoms with Crippen molar-refractivity contribution in [3.63, 3.8) is 0 Å². The molecule has 0 fully saturated rings. The summed E-state index contributed by atoms with van der Waals surface area (Å²) in [6.07, 6.45) is 6.48. The van der Waals surface area contributed by atoms with Crippen LogP contribution in [0, 0.1) is 5.82 Å². The van der Waals surface area contributed by atoms with Gasteiger partial charge in [-0.05, 0) is 25.1 Å². The average Bonchev–Trinajstić information content (AvgIpc) is 3.16. The van der Waals surface area contributed by atoms with E-state index in [9.17, 15) is 9.18 Å². The number of pyridine rings is 1. The Morgan fingerprint density at radius 3 is 2.88 bits per heavy atom. The fourth-order valence-corrected chi connectivity index (χ4v) is 2.25. The number of hydrogen-bond donors (Lipinski definition) is 1. The smallest absolute Gasteiger partial charge is 0.243 e. The van der Waals surface area contributed by atoms with Crippen LogP contribution in [0.3, 0.4) is 0 Å². The molecule has 128 valence electrons. The summed E-state index contributed by atoms with van der Waals surface area (Å²) in [5, 5.41) is 2.83. The van der Waals surface area contributed by atoms with Crippen molar-refractivity contribution in [2.45, 2.75) is 19.5 Å². The summed E-state index contributed by atoms with van der Waals surface area (Å²) in [6, 6.07) is 9.20. The molecule has 0 saturated heterocycles. The van der Waals surface area contributed by atoms with E-state index in [-0.39, 0.29) is 24.1 Å². The Morgan fingerprint density at radius 2 is 2.12 bits per heavy atom. The van der Waals surface area contributed by atoms with E-state index >= 15 is 0 Å². The van der Waals surface area contributed by atoms with Gasteiger partial charge in [0, 0.05) is 30.7 Å². The fraction of sp³-hybridized carbons (Fsp3) is 0.167. The van der Waals surface area contributed by atoms with Crippen LogP contribution in [0.2, 0.25) is 0 Å². The van der Waals surface area contributed by atoms with Crippen molar-refractivity contribution in [1.82, 2.24) is 19.9 Å². The second kappa shape index (κ2) is 7.57. The summed E-state index contributed by atoms with van der Waals surface area (Å²) in [7, 11) is 0. The fourth-order valence-electron chi connectivity index (χ4n) is 2.25. The molecule has 6 nitrogen and oxygen atoms in total. The number of imidazole rings is 1. The lowest BCUT2D eigenvalue weighted by Crippen LogP contribution is -2.30. The van der Waals surface area contributed by atoms with Gasteiger partial charge in [0.2, 0.25) is 11.8 Å². The number of aromatic nitrogens is 3. The number of nitrogens with one attached hydrogen (secondary N) is 1. The van der Waals surface area contributed by atoms with Gasteiger partial charge in [-0.1, -0.05) is 18.2 Å². The zero-order valence-electron chi connectivity index (χ0n) is 13.6. The predicted octanol–water partition coefficient (Wildman–Crippen LogP) is 3.09. The zero-order valence-corrected chi connectivity index (χ0v) is 13.6. The van der Waals surface area contributed by atoms with Crippen LogP contribution in [0.4, 0.5) is 4.39 Å². The molecule has 0 aliphatic rings. The Labute approximate surface area is 144 Å². The van der Waals surface area contributed by atoms with Crippen LogP contribution < -0.4 is 10.1 Å². The number of amides is 1. The van der Waals surface area contributed by atoms with E-state index in [1.807, 2.05) is 0 Å². The van der Waals surface area contributed by atoms with Gasteiger partial charge < -0.3 is 14.6 Å². The van der Waals surface area contributed by atoms with E-state index < -0.39 is 11.9 Å². The van der Waals surface area contributed by atoms with E-state index in [1.54, 1.807) is 60.7 Å². The molecule has 3 aromatic rings. The summed E-state index contributed by atoms with van der Waals surface area (Å²) in [4.78, 5) is 20.3. The van der Waals surface area contributed by atoms with E-state index in [2.05, 4.69) is 15.3 Å². The van der Waals surface area contributed by atoms with Crippen LogP contribution in [0.15, 0.2) is 61.3 Å². The molecule has 2 heterocycles. The Morgan fingerprint density at radius 1 is 1.28 bits per heavy atom. The van der Waals surface area contributed by atoms with Crippen LogP contribution in [0.1, 0.15) is 18.5 Å². The zero-order chi connectivity index (χ0) is 17.6. The first-order valence-electron chi connectivity index (χ1n) is 7.76. The minimum absolute atomic E-state index is 0.0839. The van der Waals surface area contributed by atoms with Crippen molar-refractivity contribution >= 4 is 5.91 Å². The number of rotatable bonds is 6. The molecule has 0 radical (unpaired) electrons. The molecular formula is C18H17FN4O2. The molecule has 1 atom stereocenters. The molecule has 7 heteroatoms. The number of halogens is 1. The van der Waals surface area contributed by atoms with Crippen molar-refractivity contribution < 1.29 is 13.9 Å². The minimum Gasteiger partial charge on any atom is -0.436 e. The van der Waals surface area contributed by atoms with Crippen molar-refractivity contribution in [1.29, 1.82) is 0 Å². The van der Waals surface area contributed by atoms with Crippen molar-refractivity contribution in [3.05, 3.63) is 72.7 Å². The van der Waals surface area contributed by atoms with Crippen LogP contribution in [0.5, 0.6) is 11.6 Å². The molecule has 0 bridgehead atoms. The molecule has 3 rings (SSSR count). The first kappa shape index (κ1) is 16.6. The van der Waals surface area contributed by atoms with Crippen LogP contribution >= 0.6 is 0 Å². The van der Waals surface area contributed by atoms with Crippen LogP contribution in [-0.4, -0.2) is 20.4 Å². The molecule has 0 aliphatic carbocycles. The number of benzene rings is 1. The van der Waals surface area contributed by atoms with E-state index in [0.717, 1.165) is 0 Å². The van der Waals surface area contributed by atoms with Gasteiger partial charge in [-0.3, -0.25) is 4.79 Å². The maximum Gasteiger partial charge on any atom is 0.243 e. The van der Waals surface area contributed by atoms with Gasteiger partial charge >= 0.3 is 0 Å². The highest BCUT2D eigenvalue weighted by molar-refractivity contribution is 5.79. The van der Waals surface area contributed by atoms with Gasteiger partial charge in [0.15, 0.2) is 11.6 Å². The van der Waals surface area contributed by atoms with Crippen molar-refractivity contribution in [2.75, 3.05) is 0 Å². The van der Waals surface area contributed by atoms with Crippen LogP contribution in [0.25, 0.3) is 0 Å². The number of nitrogens with zero attached hydrogens (tertiary/aromatic N) is 3. The molecule has 0 aliphatic heterocycles. The Hall–Kier alpha value is -3.22. The Balaban J connectivity index is 1.69. The molecule has 0 saturated carbocycles. The van der Waals surface area contributed by atoms with Crippen molar-refractivity contribution in [2.24, 2.45) is 0 Å². The number of ether oxygens (including phenoxy) is 1. The van der Waals surface area contributed by atoms with Gasteiger partial charge in [-0.15, -0.1) is 0 Å². The molecule has 2 aromatic heterocycles. The lowest BCUT2D eigenvalue weighted by Gasteiger charge is -2.15. The molecule has 1 amide bonds. The van der Waals surface area contributed by atoms with Gasteiger partial charge in [-0.2, -0.15) is 0 Å². The third-order valence-electron chi connectivity index (χ3n) is 3.70. The summed E-state index contributed by atoms with van der Waals surface area (Å²) in [5.41, 5.74) is 0.650. The number of hydrogen-bond acceptors (Lipinski definition) is 4. The Bertz CT molecular complexity index is 852. The molecule has 25 heavy (non-hydrogen) atoms. The van der Waals surface area contributed by atoms with Crippen LogP contribution in [-0.2, 0) is 11.3 Å². The average molecular weight is 340 g/mol. The largest absolute Gasteiger partial charge is 0.436 e. The molecule has 0 spiro atoms. The number of carbonyl (C=O) groups is 1. The quantitative estimate of drug-likeness (QED) is 0.749. The number of carbonyl (C=O) groups excluding carboxylic acids is 1. The summed E-state index contributed by atoms with van der Waals surface area (Å²) in [5.74, 6) is -0.306. The van der Waals surface area contributed by atoms with E-state index in [4.69, 9.17) is 4.74 Å². The molecule has 1 N–H and O–H groups in total. The van der Waals surface area contributed by atoms with Gasteiger partial charge in [0.05, 0.1) is 6.33 Å². The SMILES string of the molecule is CC(C(=O)NCc1cccnc1Oc1ccccc1F)n1ccnc1. The monoisotopic (exact) mass is 340 g/mol. The predicted molar refractivity (Wildman–Crippen MR) is 89.5 cm³/mol. The van der Waals surface area contributed by atoms with Gasteiger partial charge in [0.25, 0.3) is 0 Å². The van der Waals surface area contributed by atoms with Gasteiger partial charge in [-0.25, -0.2) is 14.4 Å². The first-order valence-corrected chi connectivity index (χ1v) is 7.76. The van der Waals surface area contributed by atoms with E-state index in [1.165, 1.54) is 12.1 Å². The minimum atomic E-state index is -0.475. The second-order valence-electron chi connectivity index (χ2n) is 5.40. The number of para-hydroxylation sites is 1. The summed E-state index contributed by atoms with van der Waals surface area (Å²) < 4.78 is 21.0. The van der Waals surface area contributed by atoms with Gasteiger partial charge in [0.1, 0.15) is 6.04 Å². The Kier molecular flexibility index (Phi) is 5.03. The first-order chi connectivity index (χ1) is 12.1. The highest BCUT2D eigenvalue weighted by atomic mass is 19.1. The lowest BCUT2D eigenvalue weighted by atomic mass is 10.2. The third-order valence-corrected chi connectivity index (χ3v) is 3.70. The maximum atomic E-state index is 13.8. The van der Waals surface area contributed by atoms with E-state index in [0.29, 0.717) is 5.56 Å². The third kappa shape index (κ3) is 4.00. The highest BCUT2D eigenvalue weighted by Crippen LogP contribution is 2.25. The van der Waals surface area contributed by atoms with Crippen molar-refractivity contribution in [3.8, 4) is 11.6 Å². The molecule has 1 unspecified atom stereocenters. The topological polar surface area (TPSA) is 69.0 Å². The highest BCUT2D eigenvalue weighted by Gasteiger charge is 2.15. The molecule has 1 aromatic carbocycles. The lowest BCUT2D eigenvalue weighted by molar-refractivity contribution is -0.124. The second-order valence-corrected chi connectivity index (χ2v) is 5.40. The standard InChI is InChI=1S/C18H17FN4O2/c1-13(23-10-9-20-12-23)17(24)22-11-14-5-4-8-21-18(14)25-16-7-3-2-6-15(16)19/h2-10,12-13H,11H2,1H3,(H,22,24). The maximum absolute atomic E-state index is 13.8.